The van der Waals surface area contributed by atoms with E-state index < -0.39 is 0 Å². The van der Waals surface area contributed by atoms with E-state index in [0.717, 1.165) is 17.8 Å². The van der Waals surface area contributed by atoms with Crippen molar-refractivity contribution in [2.75, 3.05) is 26.7 Å². The van der Waals surface area contributed by atoms with Gasteiger partial charge < -0.3 is 10.2 Å². The van der Waals surface area contributed by atoms with Crippen LogP contribution >= 0.6 is 0 Å². The molecule has 0 bridgehead atoms. The Morgan fingerprint density at radius 1 is 1.29 bits per heavy atom. The molecule has 0 aromatic rings. The van der Waals surface area contributed by atoms with Crippen LogP contribution in [0.3, 0.4) is 0 Å². The molecule has 0 amide bonds. The summed E-state index contributed by atoms with van der Waals surface area (Å²) in [6, 6.07) is 0.697. The molecule has 1 saturated heterocycles. The van der Waals surface area contributed by atoms with Crippen LogP contribution in [0, 0.1) is 17.8 Å². The number of nitrogens with zero attached hydrogens (tertiary/aromatic N) is 1. The Balaban J connectivity index is 2.35. The predicted octanol–water partition coefficient (Wildman–Crippen LogP) is 1.82. The molecule has 3 atom stereocenters. The van der Waals surface area contributed by atoms with Crippen molar-refractivity contribution in [3.63, 3.8) is 0 Å². The van der Waals surface area contributed by atoms with Crippen LogP contribution in [0.25, 0.3) is 0 Å². The van der Waals surface area contributed by atoms with Crippen LogP contribution in [0.4, 0.5) is 0 Å². The van der Waals surface area contributed by atoms with E-state index in [-0.39, 0.29) is 0 Å². The van der Waals surface area contributed by atoms with Crippen LogP contribution in [0.1, 0.15) is 27.7 Å². The van der Waals surface area contributed by atoms with Crippen LogP contribution in [0.5, 0.6) is 0 Å². The summed E-state index contributed by atoms with van der Waals surface area (Å²) in [7, 11) is 2.26. The summed E-state index contributed by atoms with van der Waals surface area (Å²) in [5, 5.41) is 3.47. The van der Waals surface area contributed by atoms with Crippen molar-refractivity contribution >= 4 is 0 Å². The summed E-state index contributed by atoms with van der Waals surface area (Å²) >= 11 is 0. The van der Waals surface area contributed by atoms with Gasteiger partial charge in [-0.25, -0.2) is 0 Å². The van der Waals surface area contributed by atoms with Crippen LogP contribution < -0.4 is 5.32 Å². The highest BCUT2D eigenvalue weighted by molar-refractivity contribution is 4.81. The normalized spacial score (nSPS) is 30.2. The molecule has 1 aliphatic rings. The minimum atomic E-state index is 0.697. The number of rotatable bonds is 4. The molecule has 0 radical (unpaired) electrons. The van der Waals surface area contributed by atoms with Crippen molar-refractivity contribution in [1.29, 1.82) is 0 Å². The summed E-state index contributed by atoms with van der Waals surface area (Å²) in [6.07, 6.45) is 0. The second-order valence-electron chi connectivity index (χ2n) is 5.32. The molecular formula is C12H26N2. The standard InChI is InChI=1S/C12H26N2/c1-9(2)11(4)14(5)8-12-7-13-6-10(12)3/h9-13H,6-8H2,1-5H3/t10-,11?,12+/m1/s1. The second-order valence-corrected chi connectivity index (χ2v) is 5.32. The Bertz CT molecular complexity index is 168. The summed E-state index contributed by atoms with van der Waals surface area (Å²) in [6.45, 7) is 12.9. The smallest absolute Gasteiger partial charge is 0.00870 e. The van der Waals surface area contributed by atoms with Gasteiger partial charge in [0.25, 0.3) is 0 Å². The van der Waals surface area contributed by atoms with Gasteiger partial charge in [0.1, 0.15) is 0 Å². The predicted molar refractivity (Wildman–Crippen MR) is 62.5 cm³/mol. The van der Waals surface area contributed by atoms with Crippen molar-refractivity contribution in [1.82, 2.24) is 10.2 Å². The SMILES string of the molecule is CC(C)C(C)N(C)C[C@@H]1CNC[C@H]1C. The quantitative estimate of drug-likeness (QED) is 0.741. The zero-order valence-corrected chi connectivity index (χ0v) is 10.4. The van der Waals surface area contributed by atoms with Crippen molar-refractivity contribution in [2.45, 2.75) is 33.7 Å². The molecule has 1 heterocycles. The first-order valence-corrected chi connectivity index (χ1v) is 5.93. The summed E-state index contributed by atoms with van der Waals surface area (Å²) in [5.41, 5.74) is 0. The van der Waals surface area contributed by atoms with Gasteiger partial charge in [-0.05, 0) is 44.8 Å². The van der Waals surface area contributed by atoms with Gasteiger partial charge >= 0.3 is 0 Å². The summed E-state index contributed by atoms with van der Waals surface area (Å²) < 4.78 is 0. The minimum Gasteiger partial charge on any atom is -0.316 e. The first kappa shape index (κ1) is 12.0. The van der Waals surface area contributed by atoms with Crippen LogP contribution in [-0.2, 0) is 0 Å². The third-order valence-electron chi connectivity index (χ3n) is 3.86. The first-order chi connectivity index (χ1) is 6.52. The Morgan fingerprint density at radius 3 is 2.36 bits per heavy atom. The van der Waals surface area contributed by atoms with E-state index in [1.54, 1.807) is 0 Å². The molecule has 0 aliphatic carbocycles. The fraction of sp³-hybridized carbons (Fsp3) is 1.00. The molecule has 0 aromatic carbocycles. The first-order valence-electron chi connectivity index (χ1n) is 5.93. The second kappa shape index (κ2) is 5.13. The van der Waals surface area contributed by atoms with Gasteiger partial charge in [0.2, 0.25) is 0 Å². The van der Waals surface area contributed by atoms with Crippen molar-refractivity contribution in [3.8, 4) is 0 Å². The van der Waals surface area contributed by atoms with Crippen molar-refractivity contribution in [3.05, 3.63) is 0 Å². The molecule has 1 fully saturated rings. The van der Waals surface area contributed by atoms with Gasteiger partial charge in [0, 0.05) is 12.6 Å². The fourth-order valence-corrected chi connectivity index (χ4v) is 2.15. The van der Waals surface area contributed by atoms with E-state index >= 15 is 0 Å². The topological polar surface area (TPSA) is 15.3 Å². The maximum absolute atomic E-state index is 3.47. The van der Waals surface area contributed by atoms with Gasteiger partial charge in [-0.2, -0.15) is 0 Å². The molecule has 2 nitrogen and oxygen atoms in total. The maximum Gasteiger partial charge on any atom is 0.00870 e. The summed E-state index contributed by atoms with van der Waals surface area (Å²) in [4.78, 5) is 2.51. The monoisotopic (exact) mass is 198 g/mol. The van der Waals surface area contributed by atoms with E-state index in [2.05, 4.69) is 45.0 Å². The molecule has 0 saturated carbocycles. The Labute approximate surface area is 89.1 Å². The van der Waals surface area contributed by atoms with Crippen LogP contribution in [-0.4, -0.2) is 37.6 Å². The van der Waals surface area contributed by atoms with E-state index in [4.69, 9.17) is 0 Å². The Morgan fingerprint density at radius 2 is 1.93 bits per heavy atom. The van der Waals surface area contributed by atoms with Crippen molar-refractivity contribution < 1.29 is 0 Å². The van der Waals surface area contributed by atoms with Gasteiger partial charge in [-0.1, -0.05) is 20.8 Å². The zero-order valence-electron chi connectivity index (χ0n) is 10.4. The number of nitrogens with one attached hydrogen (secondary N) is 1. The fourth-order valence-electron chi connectivity index (χ4n) is 2.15. The molecule has 1 unspecified atom stereocenters. The lowest BCUT2D eigenvalue weighted by Gasteiger charge is -2.31. The van der Waals surface area contributed by atoms with Gasteiger partial charge in [-0.15, -0.1) is 0 Å². The molecule has 0 aromatic heterocycles. The lowest BCUT2D eigenvalue weighted by atomic mass is 9.96. The van der Waals surface area contributed by atoms with Gasteiger partial charge in [0.05, 0.1) is 0 Å². The molecule has 1 aliphatic heterocycles. The average Bonchev–Trinajstić information content (AvgIpc) is 2.50. The van der Waals surface area contributed by atoms with E-state index in [1.165, 1.54) is 19.6 Å². The minimum absolute atomic E-state index is 0.697. The molecule has 14 heavy (non-hydrogen) atoms. The van der Waals surface area contributed by atoms with Crippen LogP contribution in [0.15, 0.2) is 0 Å². The largest absolute Gasteiger partial charge is 0.316 e. The lowest BCUT2D eigenvalue weighted by Crippen LogP contribution is -2.38. The van der Waals surface area contributed by atoms with Gasteiger partial charge in [-0.3, -0.25) is 0 Å². The van der Waals surface area contributed by atoms with E-state index in [1.807, 2.05) is 0 Å². The molecule has 84 valence electrons. The highest BCUT2D eigenvalue weighted by Crippen LogP contribution is 2.19. The third kappa shape index (κ3) is 2.96. The Kier molecular flexibility index (Phi) is 4.39. The zero-order chi connectivity index (χ0) is 10.7. The lowest BCUT2D eigenvalue weighted by molar-refractivity contribution is 0.171. The third-order valence-corrected chi connectivity index (χ3v) is 3.86. The highest BCUT2D eigenvalue weighted by atomic mass is 15.1. The Hall–Kier alpha value is -0.0800. The van der Waals surface area contributed by atoms with Crippen molar-refractivity contribution in [2.24, 2.45) is 17.8 Å². The van der Waals surface area contributed by atoms with Crippen LogP contribution in [0.2, 0.25) is 0 Å². The van der Waals surface area contributed by atoms with Gasteiger partial charge in [0.15, 0.2) is 0 Å². The van der Waals surface area contributed by atoms with E-state index in [0.29, 0.717) is 6.04 Å². The number of hydrogen-bond acceptors (Lipinski definition) is 2. The van der Waals surface area contributed by atoms with E-state index in [9.17, 15) is 0 Å². The molecule has 0 spiro atoms. The highest BCUT2D eigenvalue weighted by Gasteiger charge is 2.25. The average molecular weight is 198 g/mol. The molecule has 1 N–H and O–H groups in total. The number of hydrogen-bond donors (Lipinski definition) is 1. The molecule has 2 heteroatoms. The maximum atomic E-state index is 3.47. The molecule has 1 rings (SSSR count). The summed E-state index contributed by atoms with van der Waals surface area (Å²) in [5.74, 6) is 2.45. The molecular weight excluding hydrogens is 172 g/mol.